The van der Waals surface area contributed by atoms with E-state index < -0.39 is 5.41 Å². The van der Waals surface area contributed by atoms with Gasteiger partial charge in [-0.3, -0.25) is 4.79 Å². The number of rotatable bonds is 4. The van der Waals surface area contributed by atoms with E-state index in [0.717, 1.165) is 12.8 Å². The van der Waals surface area contributed by atoms with Crippen LogP contribution in [-0.4, -0.2) is 36.2 Å². The van der Waals surface area contributed by atoms with Gasteiger partial charge in [-0.1, -0.05) is 19.0 Å². The normalized spacial score (nSPS) is 22.1. The molecule has 92 valence electrons. The van der Waals surface area contributed by atoms with Crippen molar-refractivity contribution in [1.82, 2.24) is 5.32 Å². The van der Waals surface area contributed by atoms with Gasteiger partial charge in [0.05, 0.1) is 0 Å². The van der Waals surface area contributed by atoms with E-state index in [2.05, 4.69) is 10.5 Å². The Morgan fingerprint density at radius 3 is 2.88 bits per heavy atom. The Balaban J connectivity index is 2.41. The Bertz CT molecular complexity index is 283. The molecule has 1 saturated heterocycles. The van der Waals surface area contributed by atoms with Gasteiger partial charge in [-0.05, 0) is 12.8 Å². The highest BCUT2D eigenvalue weighted by Gasteiger charge is 2.28. The number of amidine groups is 1. The molecule has 1 amide bonds. The predicted molar refractivity (Wildman–Crippen MR) is 59.2 cm³/mol. The number of oxime groups is 1. The van der Waals surface area contributed by atoms with Crippen LogP contribution in [0.3, 0.4) is 0 Å². The van der Waals surface area contributed by atoms with Crippen LogP contribution < -0.4 is 11.1 Å². The molecule has 1 aliphatic heterocycles. The van der Waals surface area contributed by atoms with Gasteiger partial charge in [-0.2, -0.15) is 0 Å². The maximum atomic E-state index is 11.6. The standard InChI is InChI=1S/C10H19N3O3/c1-10(2,9(11)13-15)6-12-8(14)7-4-3-5-16-7/h7,15H,3-6H2,1-2H3,(H2,11,13)(H,12,14). The van der Waals surface area contributed by atoms with Crippen LogP contribution in [0.25, 0.3) is 0 Å². The van der Waals surface area contributed by atoms with Crippen LogP contribution in [0.4, 0.5) is 0 Å². The Morgan fingerprint density at radius 1 is 1.69 bits per heavy atom. The summed E-state index contributed by atoms with van der Waals surface area (Å²) in [6, 6.07) is 0. The summed E-state index contributed by atoms with van der Waals surface area (Å²) in [4.78, 5) is 11.6. The van der Waals surface area contributed by atoms with Crippen molar-refractivity contribution in [2.75, 3.05) is 13.2 Å². The van der Waals surface area contributed by atoms with Crippen molar-refractivity contribution >= 4 is 11.7 Å². The molecule has 0 aliphatic carbocycles. The van der Waals surface area contributed by atoms with Crippen LogP contribution in [-0.2, 0) is 9.53 Å². The van der Waals surface area contributed by atoms with Gasteiger partial charge in [0.15, 0.2) is 0 Å². The predicted octanol–water partition coefficient (Wildman–Crippen LogP) is 0.0542. The zero-order valence-corrected chi connectivity index (χ0v) is 9.69. The van der Waals surface area contributed by atoms with Crippen molar-refractivity contribution in [3.05, 3.63) is 0 Å². The molecule has 0 spiro atoms. The lowest BCUT2D eigenvalue weighted by atomic mass is 9.92. The zero-order chi connectivity index (χ0) is 12.2. The molecule has 16 heavy (non-hydrogen) atoms. The quantitative estimate of drug-likeness (QED) is 0.275. The molecule has 1 aliphatic rings. The highest BCUT2D eigenvalue weighted by molar-refractivity contribution is 5.87. The van der Waals surface area contributed by atoms with Crippen LogP contribution in [0, 0.1) is 5.41 Å². The van der Waals surface area contributed by atoms with Crippen molar-refractivity contribution in [3.8, 4) is 0 Å². The zero-order valence-electron chi connectivity index (χ0n) is 9.69. The number of carbonyl (C=O) groups is 1. The number of hydrogen-bond donors (Lipinski definition) is 3. The molecule has 4 N–H and O–H groups in total. The molecule has 1 unspecified atom stereocenters. The summed E-state index contributed by atoms with van der Waals surface area (Å²) in [7, 11) is 0. The SMILES string of the molecule is CC(C)(CNC(=O)C1CCCO1)C(N)=NO. The van der Waals surface area contributed by atoms with E-state index in [1.807, 2.05) is 0 Å². The third-order valence-electron chi connectivity index (χ3n) is 2.73. The van der Waals surface area contributed by atoms with Gasteiger partial charge in [0.25, 0.3) is 0 Å². The van der Waals surface area contributed by atoms with Gasteiger partial charge in [-0.25, -0.2) is 0 Å². The molecule has 1 heterocycles. The topological polar surface area (TPSA) is 96.9 Å². The fourth-order valence-electron chi connectivity index (χ4n) is 1.43. The molecular formula is C10H19N3O3. The summed E-state index contributed by atoms with van der Waals surface area (Å²) in [5, 5.41) is 14.3. The minimum absolute atomic E-state index is 0.0974. The second-order valence-electron chi connectivity index (χ2n) is 4.59. The van der Waals surface area contributed by atoms with Crippen LogP contribution in [0.15, 0.2) is 5.16 Å². The van der Waals surface area contributed by atoms with Gasteiger partial charge in [0, 0.05) is 18.6 Å². The summed E-state index contributed by atoms with van der Waals surface area (Å²) in [5.74, 6) is -0.0311. The molecule has 6 nitrogen and oxygen atoms in total. The average Bonchev–Trinajstić information content (AvgIpc) is 2.78. The van der Waals surface area contributed by atoms with E-state index in [9.17, 15) is 4.79 Å². The third kappa shape index (κ3) is 3.10. The van der Waals surface area contributed by atoms with Crippen LogP contribution >= 0.6 is 0 Å². The fraction of sp³-hybridized carbons (Fsp3) is 0.800. The van der Waals surface area contributed by atoms with E-state index in [1.165, 1.54) is 0 Å². The molecule has 0 aromatic rings. The van der Waals surface area contributed by atoms with Gasteiger partial charge in [-0.15, -0.1) is 0 Å². The van der Waals surface area contributed by atoms with E-state index in [-0.39, 0.29) is 17.8 Å². The fourth-order valence-corrected chi connectivity index (χ4v) is 1.43. The Labute approximate surface area is 94.8 Å². The largest absolute Gasteiger partial charge is 0.409 e. The monoisotopic (exact) mass is 229 g/mol. The maximum Gasteiger partial charge on any atom is 0.249 e. The lowest BCUT2D eigenvalue weighted by Gasteiger charge is -2.23. The van der Waals surface area contributed by atoms with Crippen molar-refractivity contribution in [1.29, 1.82) is 0 Å². The summed E-state index contributed by atoms with van der Waals surface area (Å²) in [6.45, 7) is 4.54. The number of nitrogens with one attached hydrogen (secondary N) is 1. The molecule has 0 aromatic carbocycles. The summed E-state index contributed by atoms with van der Waals surface area (Å²) in [6.07, 6.45) is 1.33. The molecule has 1 rings (SSSR count). The first-order valence-electron chi connectivity index (χ1n) is 5.34. The van der Waals surface area contributed by atoms with Crippen LogP contribution in [0.1, 0.15) is 26.7 Å². The lowest BCUT2D eigenvalue weighted by Crippen LogP contribution is -2.45. The van der Waals surface area contributed by atoms with Crippen molar-refractivity contribution in [2.24, 2.45) is 16.3 Å². The van der Waals surface area contributed by atoms with E-state index >= 15 is 0 Å². The Kier molecular flexibility index (Phi) is 4.12. The van der Waals surface area contributed by atoms with Crippen molar-refractivity contribution in [2.45, 2.75) is 32.8 Å². The molecule has 1 fully saturated rings. The molecule has 0 radical (unpaired) electrons. The number of hydrogen-bond acceptors (Lipinski definition) is 4. The lowest BCUT2D eigenvalue weighted by molar-refractivity contribution is -0.130. The smallest absolute Gasteiger partial charge is 0.249 e. The number of carbonyl (C=O) groups excluding carboxylic acids is 1. The average molecular weight is 229 g/mol. The maximum absolute atomic E-state index is 11.6. The highest BCUT2D eigenvalue weighted by atomic mass is 16.5. The summed E-state index contributed by atoms with van der Waals surface area (Å²) < 4.78 is 5.24. The van der Waals surface area contributed by atoms with Gasteiger partial charge in [0.2, 0.25) is 5.91 Å². The number of amides is 1. The Hall–Kier alpha value is -1.30. The van der Waals surface area contributed by atoms with E-state index in [4.69, 9.17) is 15.7 Å². The number of nitrogens with zero attached hydrogens (tertiary/aromatic N) is 1. The molecule has 0 aromatic heterocycles. The van der Waals surface area contributed by atoms with Crippen molar-refractivity contribution < 1.29 is 14.7 Å². The summed E-state index contributed by atoms with van der Waals surface area (Å²) in [5.41, 5.74) is 4.94. The first-order valence-corrected chi connectivity index (χ1v) is 5.34. The minimum atomic E-state index is -0.566. The van der Waals surface area contributed by atoms with Crippen LogP contribution in [0.5, 0.6) is 0 Å². The second-order valence-corrected chi connectivity index (χ2v) is 4.59. The first kappa shape index (κ1) is 12.8. The molecule has 0 bridgehead atoms. The first-order chi connectivity index (χ1) is 7.47. The second kappa shape index (κ2) is 5.16. The molecule has 6 heteroatoms. The Morgan fingerprint density at radius 2 is 2.38 bits per heavy atom. The highest BCUT2D eigenvalue weighted by Crippen LogP contribution is 2.15. The molecular weight excluding hydrogens is 210 g/mol. The van der Waals surface area contributed by atoms with E-state index in [0.29, 0.717) is 13.2 Å². The number of nitrogens with two attached hydrogens (primary N) is 1. The minimum Gasteiger partial charge on any atom is -0.409 e. The van der Waals surface area contributed by atoms with E-state index in [1.54, 1.807) is 13.8 Å². The van der Waals surface area contributed by atoms with Gasteiger partial charge < -0.3 is 21.0 Å². The number of ether oxygens (including phenoxy) is 1. The summed E-state index contributed by atoms with van der Waals surface area (Å²) >= 11 is 0. The van der Waals surface area contributed by atoms with Crippen molar-refractivity contribution in [3.63, 3.8) is 0 Å². The molecule has 1 atom stereocenters. The molecule has 0 saturated carbocycles. The van der Waals surface area contributed by atoms with Gasteiger partial charge >= 0.3 is 0 Å². The third-order valence-corrected chi connectivity index (χ3v) is 2.73. The van der Waals surface area contributed by atoms with Gasteiger partial charge in [0.1, 0.15) is 11.9 Å². The van der Waals surface area contributed by atoms with Crippen LogP contribution in [0.2, 0.25) is 0 Å².